The molecule has 0 bridgehead atoms. The zero-order valence-corrected chi connectivity index (χ0v) is 16.0. The van der Waals surface area contributed by atoms with Crippen LogP contribution in [0.3, 0.4) is 0 Å². The number of carbonyl (C=O) groups excluding carboxylic acids is 3. The molecule has 3 rings (SSSR count). The number of likely N-dealkylation sites (tertiary alicyclic amines) is 2. The maximum absolute atomic E-state index is 13.2. The number of nitrogens with zero attached hydrogens (tertiary/aromatic N) is 2. The van der Waals surface area contributed by atoms with Gasteiger partial charge in [0.15, 0.2) is 0 Å². The largest absolute Gasteiger partial charge is 0.469 e. The van der Waals surface area contributed by atoms with Gasteiger partial charge in [0.25, 0.3) is 0 Å². The van der Waals surface area contributed by atoms with Crippen LogP contribution in [0.1, 0.15) is 37.7 Å². The van der Waals surface area contributed by atoms with Crippen molar-refractivity contribution in [1.29, 1.82) is 0 Å². The van der Waals surface area contributed by atoms with Gasteiger partial charge in [0, 0.05) is 32.6 Å². The van der Waals surface area contributed by atoms with Gasteiger partial charge in [0.05, 0.1) is 18.9 Å². The summed E-state index contributed by atoms with van der Waals surface area (Å²) in [5.74, 6) is -0.252. The Kier molecular flexibility index (Phi) is 6.14. The van der Waals surface area contributed by atoms with Crippen molar-refractivity contribution in [3.8, 4) is 0 Å². The molecule has 1 atom stereocenters. The summed E-state index contributed by atoms with van der Waals surface area (Å²) in [5, 5.41) is 0. The van der Waals surface area contributed by atoms with Crippen molar-refractivity contribution in [2.45, 2.75) is 38.5 Å². The molecule has 1 spiro atoms. The minimum atomic E-state index is -0.435. The molecule has 6 nitrogen and oxygen atoms in total. The minimum Gasteiger partial charge on any atom is -0.469 e. The van der Waals surface area contributed by atoms with Gasteiger partial charge in [-0.25, -0.2) is 0 Å². The molecule has 6 heteroatoms. The lowest BCUT2D eigenvalue weighted by atomic mass is 9.78. The Morgan fingerprint density at radius 1 is 1.11 bits per heavy atom. The summed E-state index contributed by atoms with van der Waals surface area (Å²) in [6, 6.07) is 10.2. The molecule has 2 amide bonds. The van der Waals surface area contributed by atoms with Crippen molar-refractivity contribution in [2.24, 2.45) is 5.41 Å². The molecule has 0 unspecified atom stereocenters. The van der Waals surface area contributed by atoms with Crippen molar-refractivity contribution in [2.75, 3.05) is 33.3 Å². The number of rotatable bonds is 6. The molecule has 2 aliphatic rings. The summed E-state index contributed by atoms with van der Waals surface area (Å²) < 4.78 is 4.60. The Morgan fingerprint density at radius 3 is 2.63 bits per heavy atom. The quantitative estimate of drug-likeness (QED) is 0.717. The predicted molar refractivity (Wildman–Crippen MR) is 101 cm³/mol. The van der Waals surface area contributed by atoms with Gasteiger partial charge in [-0.05, 0) is 31.2 Å². The van der Waals surface area contributed by atoms with E-state index in [0.717, 1.165) is 38.8 Å². The lowest BCUT2D eigenvalue weighted by Crippen LogP contribution is -2.50. The number of esters is 1. The summed E-state index contributed by atoms with van der Waals surface area (Å²) in [6.07, 6.45) is 3.63. The zero-order valence-electron chi connectivity index (χ0n) is 16.0. The van der Waals surface area contributed by atoms with Gasteiger partial charge in [-0.2, -0.15) is 0 Å². The Balaban J connectivity index is 1.56. The van der Waals surface area contributed by atoms with E-state index in [1.165, 1.54) is 12.7 Å². The van der Waals surface area contributed by atoms with Gasteiger partial charge in [0.2, 0.25) is 11.8 Å². The van der Waals surface area contributed by atoms with Gasteiger partial charge in [-0.3, -0.25) is 14.4 Å². The fourth-order valence-corrected chi connectivity index (χ4v) is 4.21. The average molecular weight is 372 g/mol. The van der Waals surface area contributed by atoms with Crippen molar-refractivity contribution >= 4 is 17.8 Å². The van der Waals surface area contributed by atoms with E-state index in [2.05, 4.69) is 16.9 Å². The lowest BCUT2D eigenvalue weighted by molar-refractivity contribution is -0.147. The summed E-state index contributed by atoms with van der Waals surface area (Å²) in [6.45, 7) is 2.59. The van der Waals surface area contributed by atoms with E-state index in [1.54, 1.807) is 4.90 Å². The number of hydrogen-bond donors (Lipinski definition) is 0. The molecule has 0 N–H and O–H groups in total. The van der Waals surface area contributed by atoms with Crippen LogP contribution in [0.2, 0.25) is 0 Å². The number of carbonyl (C=O) groups is 3. The third-order valence-corrected chi connectivity index (χ3v) is 5.81. The standard InChI is InChI=1S/C21H28N2O4/c1-27-19(25)9-8-18(24)23-15-12-21(16-23)11-5-13-22(20(21)26)14-10-17-6-3-2-4-7-17/h2-4,6-7H,5,8-16H2,1H3/t21-/m1/s1. The Hall–Kier alpha value is -2.37. The highest BCUT2D eigenvalue weighted by atomic mass is 16.5. The molecule has 27 heavy (non-hydrogen) atoms. The molecule has 0 saturated carbocycles. The molecule has 1 aromatic rings. The van der Waals surface area contributed by atoms with Crippen LogP contribution < -0.4 is 0 Å². The monoisotopic (exact) mass is 372 g/mol. The number of piperidine rings is 1. The van der Waals surface area contributed by atoms with Gasteiger partial charge in [0.1, 0.15) is 0 Å². The highest BCUT2D eigenvalue weighted by Crippen LogP contribution is 2.40. The van der Waals surface area contributed by atoms with Crippen LogP contribution >= 0.6 is 0 Å². The summed E-state index contributed by atoms with van der Waals surface area (Å²) >= 11 is 0. The van der Waals surface area contributed by atoms with E-state index in [1.807, 2.05) is 23.1 Å². The molecule has 1 aromatic carbocycles. The van der Waals surface area contributed by atoms with E-state index in [9.17, 15) is 14.4 Å². The second kappa shape index (κ2) is 8.55. The van der Waals surface area contributed by atoms with Crippen LogP contribution in [-0.2, 0) is 25.5 Å². The molecule has 2 aliphatic heterocycles. The zero-order chi connectivity index (χ0) is 19.3. The third-order valence-electron chi connectivity index (χ3n) is 5.81. The maximum Gasteiger partial charge on any atom is 0.306 e. The molecule has 0 aromatic heterocycles. The Morgan fingerprint density at radius 2 is 1.89 bits per heavy atom. The number of ether oxygens (including phenoxy) is 1. The molecule has 2 fully saturated rings. The molecule has 2 saturated heterocycles. The van der Waals surface area contributed by atoms with Crippen LogP contribution in [0.4, 0.5) is 0 Å². The Bertz CT molecular complexity index is 691. The second-order valence-electron chi connectivity index (χ2n) is 7.55. The first kappa shape index (κ1) is 19.4. The van der Waals surface area contributed by atoms with E-state index in [4.69, 9.17) is 0 Å². The minimum absolute atomic E-state index is 0.0634. The number of amides is 2. The molecular weight excluding hydrogens is 344 g/mol. The highest BCUT2D eigenvalue weighted by Gasteiger charge is 2.49. The van der Waals surface area contributed by atoms with E-state index in [-0.39, 0.29) is 30.6 Å². The summed E-state index contributed by atoms with van der Waals surface area (Å²) in [4.78, 5) is 40.5. The summed E-state index contributed by atoms with van der Waals surface area (Å²) in [7, 11) is 1.32. The number of methoxy groups -OCH3 is 1. The van der Waals surface area contributed by atoms with Crippen LogP contribution in [0, 0.1) is 5.41 Å². The van der Waals surface area contributed by atoms with Crippen LogP contribution in [0.25, 0.3) is 0 Å². The van der Waals surface area contributed by atoms with E-state index in [0.29, 0.717) is 13.1 Å². The number of benzene rings is 1. The number of hydrogen-bond acceptors (Lipinski definition) is 4. The fraction of sp³-hybridized carbons (Fsp3) is 0.571. The average Bonchev–Trinajstić information content (AvgIpc) is 3.13. The molecule has 0 aliphatic carbocycles. The fourth-order valence-electron chi connectivity index (χ4n) is 4.21. The highest BCUT2D eigenvalue weighted by molar-refractivity contribution is 5.87. The van der Waals surface area contributed by atoms with Crippen molar-refractivity contribution < 1.29 is 19.1 Å². The lowest BCUT2D eigenvalue weighted by Gasteiger charge is -2.39. The van der Waals surface area contributed by atoms with Crippen LogP contribution in [0.5, 0.6) is 0 Å². The Labute approximate surface area is 160 Å². The molecular formula is C21H28N2O4. The first-order chi connectivity index (χ1) is 13.0. The van der Waals surface area contributed by atoms with Crippen molar-refractivity contribution in [3.05, 3.63) is 35.9 Å². The molecule has 2 heterocycles. The van der Waals surface area contributed by atoms with Crippen molar-refractivity contribution in [3.63, 3.8) is 0 Å². The third kappa shape index (κ3) is 4.49. The molecule has 0 radical (unpaired) electrons. The summed E-state index contributed by atoms with van der Waals surface area (Å²) in [5.41, 5.74) is 0.798. The first-order valence-electron chi connectivity index (χ1n) is 9.72. The van der Waals surface area contributed by atoms with Gasteiger partial charge >= 0.3 is 5.97 Å². The van der Waals surface area contributed by atoms with Crippen LogP contribution in [-0.4, -0.2) is 60.9 Å². The first-order valence-corrected chi connectivity index (χ1v) is 9.72. The van der Waals surface area contributed by atoms with E-state index < -0.39 is 5.41 Å². The van der Waals surface area contributed by atoms with E-state index >= 15 is 0 Å². The topological polar surface area (TPSA) is 66.9 Å². The predicted octanol–water partition coefficient (Wildman–Crippen LogP) is 2.02. The SMILES string of the molecule is COC(=O)CCC(=O)N1CC[C@]2(CCCN(CCc3ccccc3)C2=O)C1. The van der Waals surface area contributed by atoms with Gasteiger partial charge < -0.3 is 14.5 Å². The smallest absolute Gasteiger partial charge is 0.306 e. The van der Waals surface area contributed by atoms with Gasteiger partial charge in [-0.1, -0.05) is 30.3 Å². The van der Waals surface area contributed by atoms with Crippen LogP contribution in [0.15, 0.2) is 30.3 Å². The van der Waals surface area contributed by atoms with Gasteiger partial charge in [-0.15, -0.1) is 0 Å². The second-order valence-corrected chi connectivity index (χ2v) is 7.55. The van der Waals surface area contributed by atoms with Crippen molar-refractivity contribution in [1.82, 2.24) is 9.80 Å². The molecule has 146 valence electrons. The normalized spacial score (nSPS) is 22.3. The maximum atomic E-state index is 13.2.